The highest BCUT2D eigenvalue weighted by Gasteiger charge is 2.17. The molecular formula is C10H15N5O3. The van der Waals surface area contributed by atoms with E-state index in [1.54, 1.807) is 4.90 Å². The van der Waals surface area contributed by atoms with Gasteiger partial charge >= 0.3 is 5.82 Å². The average Bonchev–Trinajstić information content (AvgIpc) is 2.86. The smallest absolute Gasteiger partial charge is 0.358 e. The summed E-state index contributed by atoms with van der Waals surface area (Å²) in [5, 5.41) is 17.4. The number of nitrogens with one attached hydrogen (secondary N) is 1. The van der Waals surface area contributed by atoms with Crippen LogP contribution in [0.5, 0.6) is 0 Å². The van der Waals surface area contributed by atoms with Gasteiger partial charge in [0, 0.05) is 32.6 Å². The minimum absolute atomic E-state index is 0.0645. The highest BCUT2D eigenvalue weighted by Crippen LogP contribution is 2.06. The SMILES string of the molecule is O=C(CCn1ccc([N+](=O)[O-])n1)N1CCNCC1. The van der Waals surface area contributed by atoms with Crippen molar-refractivity contribution >= 4 is 11.7 Å². The first-order chi connectivity index (χ1) is 8.66. The Morgan fingerprint density at radius 2 is 2.22 bits per heavy atom. The van der Waals surface area contributed by atoms with Gasteiger partial charge in [-0.1, -0.05) is 0 Å². The number of carbonyl (C=O) groups excluding carboxylic acids is 1. The van der Waals surface area contributed by atoms with Gasteiger partial charge in [-0.2, -0.15) is 4.68 Å². The molecule has 1 saturated heterocycles. The van der Waals surface area contributed by atoms with Gasteiger partial charge in [-0.05, 0) is 4.92 Å². The predicted molar refractivity (Wildman–Crippen MR) is 62.9 cm³/mol. The van der Waals surface area contributed by atoms with E-state index in [-0.39, 0.29) is 11.7 Å². The number of nitrogens with zero attached hydrogens (tertiary/aromatic N) is 4. The number of aromatic nitrogens is 2. The Bertz CT molecular complexity index is 438. The fraction of sp³-hybridized carbons (Fsp3) is 0.600. The molecule has 0 unspecified atom stereocenters. The van der Waals surface area contributed by atoms with Crippen molar-refractivity contribution in [1.29, 1.82) is 0 Å². The highest BCUT2D eigenvalue weighted by atomic mass is 16.6. The largest absolute Gasteiger partial charge is 0.389 e. The predicted octanol–water partition coefficient (Wildman–Crippen LogP) is -0.387. The van der Waals surface area contributed by atoms with Crippen LogP contribution in [0.1, 0.15) is 6.42 Å². The highest BCUT2D eigenvalue weighted by molar-refractivity contribution is 5.76. The lowest BCUT2D eigenvalue weighted by Gasteiger charge is -2.27. The fourth-order valence-corrected chi connectivity index (χ4v) is 1.86. The van der Waals surface area contributed by atoms with Gasteiger partial charge in [0.2, 0.25) is 5.91 Å². The van der Waals surface area contributed by atoms with Crippen molar-refractivity contribution in [3.05, 3.63) is 22.4 Å². The minimum Gasteiger partial charge on any atom is -0.358 e. The number of hydrogen-bond acceptors (Lipinski definition) is 5. The third kappa shape index (κ3) is 3.04. The molecule has 0 radical (unpaired) electrons. The van der Waals surface area contributed by atoms with E-state index in [4.69, 9.17) is 0 Å². The zero-order chi connectivity index (χ0) is 13.0. The Morgan fingerprint density at radius 1 is 1.50 bits per heavy atom. The van der Waals surface area contributed by atoms with Crippen LogP contribution in [0.2, 0.25) is 0 Å². The van der Waals surface area contributed by atoms with Crippen molar-refractivity contribution < 1.29 is 9.72 Å². The van der Waals surface area contributed by atoms with E-state index in [1.807, 2.05) is 0 Å². The Kier molecular flexibility index (Phi) is 3.88. The van der Waals surface area contributed by atoms with E-state index in [0.29, 0.717) is 13.0 Å². The molecule has 0 saturated carbocycles. The van der Waals surface area contributed by atoms with E-state index in [0.717, 1.165) is 26.2 Å². The first-order valence-electron chi connectivity index (χ1n) is 5.83. The molecule has 1 aliphatic rings. The Hall–Kier alpha value is -1.96. The van der Waals surface area contributed by atoms with Gasteiger partial charge in [0.1, 0.15) is 0 Å². The molecule has 2 rings (SSSR count). The summed E-state index contributed by atoms with van der Waals surface area (Å²) in [7, 11) is 0. The number of piperazine rings is 1. The second kappa shape index (κ2) is 5.58. The van der Waals surface area contributed by atoms with E-state index in [2.05, 4.69) is 10.4 Å². The molecule has 1 N–H and O–H groups in total. The van der Waals surface area contributed by atoms with Gasteiger partial charge in [0.05, 0.1) is 23.9 Å². The molecule has 18 heavy (non-hydrogen) atoms. The number of hydrogen-bond donors (Lipinski definition) is 1. The molecule has 98 valence electrons. The molecule has 0 atom stereocenters. The van der Waals surface area contributed by atoms with Crippen molar-refractivity contribution in [2.75, 3.05) is 26.2 Å². The van der Waals surface area contributed by atoms with Crippen molar-refractivity contribution in [3.8, 4) is 0 Å². The molecule has 1 aliphatic heterocycles. The first-order valence-corrected chi connectivity index (χ1v) is 5.83. The van der Waals surface area contributed by atoms with Crippen molar-refractivity contribution in [2.24, 2.45) is 0 Å². The van der Waals surface area contributed by atoms with Crippen LogP contribution in [0.4, 0.5) is 5.82 Å². The molecular weight excluding hydrogens is 238 g/mol. The van der Waals surface area contributed by atoms with Crippen molar-refractivity contribution in [2.45, 2.75) is 13.0 Å². The zero-order valence-electron chi connectivity index (χ0n) is 9.91. The summed E-state index contributed by atoms with van der Waals surface area (Å²) in [4.78, 5) is 23.5. The lowest BCUT2D eigenvalue weighted by molar-refractivity contribution is -0.389. The minimum atomic E-state index is -0.547. The topological polar surface area (TPSA) is 93.3 Å². The molecule has 0 aromatic carbocycles. The fourth-order valence-electron chi connectivity index (χ4n) is 1.86. The zero-order valence-corrected chi connectivity index (χ0v) is 9.91. The molecule has 0 aliphatic carbocycles. The summed E-state index contributed by atoms with van der Waals surface area (Å²) in [6.45, 7) is 3.45. The molecule has 1 aromatic rings. The number of amides is 1. The summed E-state index contributed by atoms with van der Waals surface area (Å²) in [6.07, 6.45) is 1.84. The first kappa shape index (κ1) is 12.5. The van der Waals surface area contributed by atoms with Crippen LogP contribution in [0.15, 0.2) is 12.3 Å². The molecule has 1 aromatic heterocycles. The molecule has 2 heterocycles. The summed E-state index contributed by atoms with van der Waals surface area (Å²) >= 11 is 0. The Balaban J connectivity index is 1.82. The third-order valence-corrected chi connectivity index (χ3v) is 2.84. The van der Waals surface area contributed by atoms with E-state index < -0.39 is 4.92 Å². The average molecular weight is 253 g/mol. The van der Waals surface area contributed by atoms with E-state index in [9.17, 15) is 14.9 Å². The second-order valence-electron chi connectivity index (χ2n) is 4.07. The second-order valence-corrected chi connectivity index (χ2v) is 4.07. The van der Waals surface area contributed by atoms with E-state index in [1.165, 1.54) is 16.9 Å². The van der Waals surface area contributed by atoms with Crippen LogP contribution in [-0.2, 0) is 11.3 Å². The van der Waals surface area contributed by atoms with Gasteiger partial charge in [-0.3, -0.25) is 4.79 Å². The van der Waals surface area contributed by atoms with Crippen LogP contribution in [0, 0.1) is 10.1 Å². The van der Waals surface area contributed by atoms with Crippen LogP contribution in [0.3, 0.4) is 0 Å². The third-order valence-electron chi connectivity index (χ3n) is 2.84. The normalized spacial score (nSPS) is 15.7. The Morgan fingerprint density at radius 3 is 2.83 bits per heavy atom. The van der Waals surface area contributed by atoms with Crippen molar-refractivity contribution in [3.63, 3.8) is 0 Å². The molecule has 8 heteroatoms. The van der Waals surface area contributed by atoms with Gasteiger partial charge in [-0.15, -0.1) is 0 Å². The number of rotatable bonds is 4. The van der Waals surface area contributed by atoms with Gasteiger partial charge in [0.25, 0.3) is 0 Å². The summed E-state index contributed by atoms with van der Waals surface area (Å²) in [5.41, 5.74) is 0. The van der Waals surface area contributed by atoms with Crippen LogP contribution >= 0.6 is 0 Å². The number of carbonyl (C=O) groups is 1. The molecule has 1 fully saturated rings. The standard InChI is InChI=1S/C10H15N5O3/c16-10(13-7-3-11-4-8-13)2-6-14-5-1-9(12-14)15(17)18/h1,5,11H,2-4,6-8H2. The maximum Gasteiger partial charge on any atom is 0.389 e. The lowest BCUT2D eigenvalue weighted by Crippen LogP contribution is -2.46. The molecule has 8 nitrogen and oxygen atoms in total. The van der Waals surface area contributed by atoms with Gasteiger partial charge in [-0.25, -0.2) is 0 Å². The monoisotopic (exact) mass is 253 g/mol. The van der Waals surface area contributed by atoms with Crippen LogP contribution in [0.25, 0.3) is 0 Å². The van der Waals surface area contributed by atoms with Gasteiger partial charge in [0.15, 0.2) is 0 Å². The lowest BCUT2D eigenvalue weighted by atomic mass is 10.3. The van der Waals surface area contributed by atoms with Crippen molar-refractivity contribution in [1.82, 2.24) is 20.0 Å². The van der Waals surface area contributed by atoms with Gasteiger partial charge < -0.3 is 20.3 Å². The molecule has 1 amide bonds. The summed E-state index contributed by atoms with van der Waals surface area (Å²) in [5.74, 6) is -0.126. The molecule has 0 spiro atoms. The molecule has 0 bridgehead atoms. The number of aryl methyl sites for hydroxylation is 1. The quantitative estimate of drug-likeness (QED) is 0.583. The summed E-state index contributed by atoms with van der Waals surface area (Å²) < 4.78 is 1.43. The maximum absolute atomic E-state index is 11.8. The van der Waals surface area contributed by atoms with E-state index >= 15 is 0 Å². The summed E-state index contributed by atoms with van der Waals surface area (Å²) in [6, 6.07) is 1.33. The number of nitro groups is 1. The van der Waals surface area contributed by atoms with Crippen LogP contribution in [-0.4, -0.2) is 51.7 Å². The van der Waals surface area contributed by atoms with Crippen LogP contribution < -0.4 is 5.32 Å². The Labute approximate surface area is 104 Å². The maximum atomic E-state index is 11.8.